The predicted molar refractivity (Wildman–Crippen MR) is 77.9 cm³/mol. The summed E-state index contributed by atoms with van der Waals surface area (Å²) in [6.45, 7) is 3.74. The second kappa shape index (κ2) is 5.28. The van der Waals surface area contributed by atoms with Gasteiger partial charge in [-0.2, -0.15) is 4.98 Å². The van der Waals surface area contributed by atoms with Crippen LogP contribution in [0.25, 0.3) is 17.3 Å². The summed E-state index contributed by atoms with van der Waals surface area (Å²) in [5.74, 6) is 0.824. The quantitative estimate of drug-likeness (QED) is 0.666. The molecular weight excluding hydrogens is 256 g/mol. The molecule has 0 aliphatic carbocycles. The minimum Gasteiger partial charge on any atom is -0.430 e. The highest BCUT2D eigenvalue weighted by Gasteiger charge is 2.06. The molecule has 0 aliphatic rings. The molecule has 94 valence electrons. The van der Waals surface area contributed by atoms with Crippen LogP contribution in [-0.4, -0.2) is 9.97 Å². The van der Waals surface area contributed by atoms with Crippen LogP contribution in [0.4, 0.5) is 0 Å². The Balaban J connectivity index is 1.72. The monoisotopic (exact) mass is 268 g/mol. The Morgan fingerprint density at radius 2 is 2.05 bits per heavy atom. The molecule has 0 radical (unpaired) electrons. The fourth-order valence-electron chi connectivity index (χ4n) is 1.71. The molecule has 0 amide bonds. The van der Waals surface area contributed by atoms with Crippen LogP contribution in [0.15, 0.2) is 58.8 Å². The minimum atomic E-state index is 0.654. The van der Waals surface area contributed by atoms with E-state index in [0.29, 0.717) is 10.9 Å². The Bertz CT molecular complexity index is 670. The number of pyridine rings is 1. The highest BCUT2D eigenvalue weighted by atomic mass is 32.2. The van der Waals surface area contributed by atoms with Gasteiger partial charge in [0.15, 0.2) is 11.2 Å². The van der Waals surface area contributed by atoms with E-state index in [-0.39, 0.29) is 0 Å². The maximum atomic E-state index is 5.61. The van der Waals surface area contributed by atoms with Gasteiger partial charge in [-0.1, -0.05) is 48.7 Å². The third-order valence-electron chi connectivity index (χ3n) is 2.72. The zero-order chi connectivity index (χ0) is 13.1. The van der Waals surface area contributed by atoms with Crippen LogP contribution in [0.5, 0.6) is 0 Å². The first kappa shape index (κ1) is 12.0. The molecule has 3 rings (SSSR count). The van der Waals surface area contributed by atoms with E-state index in [9.17, 15) is 0 Å². The van der Waals surface area contributed by atoms with Crippen LogP contribution < -0.4 is 0 Å². The Kier molecular flexibility index (Phi) is 3.33. The predicted octanol–water partition coefficient (Wildman–Crippen LogP) is 4.16. The van der Waals surface area contributed by atoms with Crippen LogP contribution in [0, 0.1) is 0 Å². The van der Waals surface area contributed by atoms with E-state index < -0.39 is 0 Å². The topological polar surface area (TPSA) is 38.9 Å². The van der Waals surface area contributed by atoms with Gasteiger partial charge in [0.25, 0.3) is 5.22 Å². The minimum absolute atomic E-state index is 0.654. The zero-order valence-corrected chi connectivity index (χ0v) is 11.1. The van der Waals surface area contributed by atoms with Gasteiger partial charge in [-0.3, -0.25) is 0 Å². The molecule has 0 unspecified atom stereocenters. The molecule has 4 heteroatoms. The average molecular weight is 268 g/mol. The first-order chi connectivity index (χ1) is 9.35. The highest BCUT2D eigenvalue weighted by molar-refractivity contribution is 7.98. The van der Waals surface area contributed by atoms with Gasteiger partial charge >= 0.3 is 0 Å². The number of fused-ring (bicyclic) bond motifs is 1. The lowest BCUT2D eigenvalue weighted by Gasteiger charge is -1.99. The Hall–Kier alpha value is -2.07. The molecule has 0 bridgehead atoms. The maximum Gasteiger partial charge on any atom is 0.258 e. The van der Waals surface area contributed by atoms with Gasteiger partial charge in [-0.15, -0.1) is 0 Å². The molecular formula is C15H12N2OS. The third kappa shape index (κ3) is 2.69. The van der Waals surface area contributed by atoms with Crippen molar-refractivity contribution in [1.82, 2.24) is 9.97 Å². The lowest BCUT2D eigenvalue weighted by atomic mass is 10.1. The number of oxazole rings is 1. The molecule has 2 heterocycles. The van der Waals surface area contributed by atoms with Crippen molar-refractivity contribution < 1.29 is 4.42 Å². The molecule has 0 saturated carbocycles. The molecule has 0 fully saturated rings. The first-order valence-electron chi connectivity index (χ1n) is 5.91. The largest absolute Gasteiger partial charge is 0.430 e. The Morgan fingerprint density at radius 3 is 2.79 bits per heavy atom. The van der Waals surface area contributed by atoms with E-state index in [1.165, 1.54) is 5.56 Å². The maximum absolute atomic E-state index is 5.61. The van der Waals surface area contributed by atoms with E-state index >= 15 is 0 Å². The van der Waals surface area contributed by atoms with E-state index in [2.05, 4.69) is 40.8 Å². The van der Waals surface area contributed by atoms with Crippen molar-refractivity contribution in [3.8, 4) is 0 Å². The highest BCUT2D eigenvalue weighted by Crippen LogP contribution is 2.25. The van der Waals surface area contributed by atoms with Gasteiger partial charge in [-0.05, 0) is 23.3 Å². The van der Waals surface area contributed by atoms with Crippen LogP contribution >= 0.6 is 11.8 Å². The molecule has 3 aromatic rings. The summed E-state index contributed by atoms with van der Waals surface area (Å²) in [5, 5.41) is 0.654. The van der Waals surface area contributed by atoms with Crippen molar-refractivity contribution in [2.24, 2.45) is 0 Å². The smallest absolute Gasteiger partial charge is 0.258 e. The fraction of sp³-hybridized carbons (Fsp3) is 0.0667. The molecule has 0 atom stereocenters. The van der Waals surface area contributed by atoms with Crippen molar-refractivity contribution in [3.63, 3.8) is 0 Å². The zero-order valence-electron chi connectivity index (χ0n) is 10.2. The lowest BCUT2D eigenvalue weighted by molar-refractivity contribution is 0.489. The molecule has 0 aliphatic heterocycles. The van der Waals surface area contributed by atoms with Crippen molar-refractivity contribution in [3.05, 3.63) is 60.3 Å². The van der Waals surface area contributed by atoms with Crippen LogP contribution in [0.3, 0.4) is 0 Å². The number of nitrogens with zero attached hydrogens (tertiary/aromatic N) is 2. The average Bonchev–Trinajstić information content (AvgIpc) is 2.88. The van der Waals surface area contributed by atoms with Gasteiger partial charge in [0.05, 0.1) is 0 Å². The summed E-state index contributed by atoms with van der Waals surface area (Å²) in [6.07, 6.45) is 3.55. The second-order valence-corrected chi connectivity index (χ2v) is 4.97. The van der Waals surface area contributed by atoms with Gasteiger partial charge in [0.1, 0.15) is 0 Å². The number of rotatable bonds is 4. The van der Waals surface area contributed by atoms with Crippen LogP contribution in [0.2, 0.25) is 0 Å². The van der Waals surface area contributed by atoms with Gasteiger partial charge < -0.3 is 4.42 Å². The lowest BCUT2D eigenvalue weighted by Crippen LogP contribution is -1.81. The Labute approximate surface area is 115 Å². The second-order valence-electron chi connectivity index (χ2n) is 4.04. The van der Waals surface area contributed by atoms with Crippen molar-refractivity contribution >= 4 is 29.1 Å². The summed E-state index contributed by atoms with van der Waals surface area (Å²) in [5.41, 5.74) is 3.74. The van der Waals surface area contributed by atoms with E-state index in [1.807, 2.05) is 18.2 Å². The normalized spacial score (nSPS) is 10.7. The summed E-state index contributed by atoms with van der Waals surface area (Å²) < 4.78 is 5.61. The molecule has 2 aromatic heterocycles. The van der Waals surface area contributed by atoms with Crippen LogP contribution in [-0.2, 0) is 5.75 Å². The van der Waals surface area contributed by atoms with Crippen molar-refractivity contribution in [2.75, 3.05) is 0 Å². The summed E-state index contributed by atoms with van der Waals surface area (Å²) >= 11 is 1.57. The van der Waals surface area contributed by atoms with Gasteiger partial charge in [-0.25, -0.2) is 4.98 Å². The van der Waals surface area contributed by atoms with E-state index in [1.54, 1.807) is 18.0 Å². The third-order valence-corrected chi connectivity index (χ3v) is 3.62. The molecule has 19 heavy (non-hydrogen) atoms. The number of aromatic nitrogens is 2. The first-order valence-corrected chi connectivity index (χ1v) is 6.89. The molecule has 0 spiro atoms. The fourth-order valence-corrected chi connectivity index (χ4v) is 2.49. The Morgan fingerprint density at radius 1 is 1.21 bits per heavy atom. The molecule has 3 nitrogen and oxygen atoms in total. The van der Waals surface area contributed by atoms with E-state index in [4.69, 9.17) is 4.42 Å². The summed E-state index contributed by atoms with van der Waals surface area (Å²) in [4.78, 5) is 8.48. The molecule has 1 aromatic carbocycles. The van der Waals surface area contributed by atoms with E-state index in [0.717, 1.165) is 16.9 Å². The van der Waals surface area contributed by atoms with Gasteiger partial charge in [0, 0.05) is 11.9 Å². The summed E-state index contributed by atoms with van der Waals surface area (Å²) in [6, 6.07) is 12.0. The van der Waals surface area contributed by atoms with Crippen molar-refractivity contribution in [1.29, 1.82) is 0 Å². The number of benzene rings is 1. The number of hydrogen-bond acceptors (Lipinski definition) is 4. The molecule has 0 N–H and O–H groups in total. The summed E-state index contributed by atoms with van der Waals surface area (Å²) in [7, 11) is 0. The standard InChI is InChI=1S/C15H12N2OS/c1-2-11-5-7-12(8-6-11)10-19-15-17-14-13(18-15)4-3-9-16-14/h2-9H,1,10H2. The number of hydrogen-bond donors (Lipinski definition) is 0. The SMILES string of the molecule is C=Cc1ccc(CSc2nc3ncccc3o2)cc1. The van der Waals surface area contributed by atoms with Gasteiger partial charge in [0.2, 0.25) is 0 Å². The number of thioether (sulfide) groups is 1. The molecule has 0 saturated heterocycles. The van der Waals surface area contributed by atoms with Crippen LogP contribution in [0.1, 0.15) is 11.1 Å². The van der Waals surface area contributed by atoms with Crippen molar-refractivity contribution in [2.45, 2.75) is 11.0 Å².